The number of halogens is 1. The Morgan fingerprint density at radius 2 is 1.76 bits per heavy atom. The van der Waals surface area contributed by atoms with Gasteiger partial charge in [-0.15, -0.1) is 0 Å². The van der Waals surface area contributed by atoms with Gasteiger partial charge in [-0.1, -0.05) is 20.3 Å². The summed E-state index contributed by atoms with van der Waals surface area (Å²) in [6.07, 6.45) is 6.62. The highest BCUT2D eigenvalue weighted by Crippen LogP contribution is 2.23. The van der Waals surface area contributed by atoms with Crippen molar-refractivity contribution in [2.24, 2.45) is 0 Å². The third-order valence-corrected chi connectivity index (χ3v) is 4.06. The normalized spacial score (nSPS) is 10.7. The van der Waals surface area contributed by atoms with E-state index in [2.05, 4.69) is 61.7 Å². The largest absolute Gasteiger partial charge is 0.369 e. The van der Waals surface area contributed by atoms with Gasteiger partial charge in [0.25, 0.3) is 0 Å². The van der Waals surface area contributed by atoms with Crippen LogP contribution in [0.5, 0.6) is 0 Å². The summed E-state index contributed by atoms with van der Waals surface area (Å²) < 4.78 is 1.10. The van der Waals surface area contributed by atoms with Gasteiger partial charge in [0, 0.05) is 18.9 Å². The van der Waals surface area contributed by atoms with Gasteiger partial charge in [0.05, 0.1) is 9.26 Å². The molecule has 0 amide bonds. The summed E-state index contributed by atoms with van der Waals surface area (Å²) >= 11 is 2.32. The highest BCUT2D eigenvalue weighted by molar-refractivity contribution is 14.1. The molecule has 0 saturated carbocycles. The van der Waals surface area contributed by atoms with E-state index >= 15 is 0 Å². The Bertz CT molecular complexity index is 598. The number of hydrogen-bond donors (Lipinski definition) is 1. The van der Waals surface area contributed by atoms with Gasteiger partial charge in [-0.25, -0.2) is 19.9 Å². The zero-order valence-electron chi connectivity index (χ0n) is 12.6. The fourth-order valence-corrected chi connectivity index (χ4v) is 2.57. The van der Waals surface area contributed by atoms with E-state index in [1.807, 2.05) is 6.92 Å². The van der Waals surface area contributed by atoms with Crippen LogP contribution in [-0.4, -0.2) is 26.5 Å². The van der Waals surface area contributed by atoms with E-state index in [1.165, 1.54) is 0 Å². The number of nitrogens with one attached hydrogen (secondary N) is 1. The van der Waals surface area contributed by atoms with Crippen molar-refractivity contribution in [1.29, 1.82) is 0 Å². The maximum absolute atomic E-state index is 4.65. The van der Waals surface area contributed by atoms with E-state index in [0.717, 1.165) is 46.5 Å². The summed E-state index contributed by atoms with van der Waals surface area (Å²) in [4.78, 5) is 17.9. The van der Waals surface area contributed by atoms with Crippen LogP contribution < -0.4 is 5.32 Å². The molecule has 0 aliphatic heterocycles. The molecule has 112 valence electrons. The van der Waals surface area contributed by atoms with E-state index in [9.17, 15) is 0 Å². The van der Waals surface area contributed by atoms with E-state index in [1.54, 1.807) is 12.4 Å². The summed E-state index contributed by atoms with van der Waals surface area (Å²) in [5.74, 6) is 2.06. The molecule has 0 aliphatic carbocycles. The van der Waals surface area contributed by atoms with Crippen molar-refractivity contribution >= 4 is 28.4 Å². The van der Waals surface area contributed by atoms with Gasteiger partial charge in [-0.05, 0) is 47.9 Å². The first-order valence-electron chi connectivity index (χ1n) is 7.25. The molecule has 1 N–H and O–H groups in total. The number of nitrogens with zero attached hydrogens (tertiary/aromatic N) is 4. The molecule has 21 heavy (non-hydrogen) atoms. The molecule has 0 unspecified atom stereocenters. The van der Waals surface area contributed by atoms with E-state index in [0.29, 0.717) is 11.6 Å². The predicted molar refractivity (Wildman–Crippen MR) is 93.3 cm³/mol. The summed E-state index contributed by atoms with van der Waals surface area (Å²) in [5, 5.41) is 3.37. The molecule has 0 aromatic carbocycles. The SMILES string of the molecule is CCCNc1nc(-c2ncc(C)cn2)nc(CCC)c1I. The Hall–Kier alpha value is -1.31. The smallest absolute Gasteiger partial charge is 0.200 e. The molecule has 2 heterocycles. The fourth-order valence-electron chi connectivity index (χ4n) is 1.86. The summed E-state index contributed by atoms with van der Waals surface area (Å²) in [6, 6.07) is 0. The Balaban J connectivity index is 2.44. The van der Waals surface area contributed by atoms with Crippen LogP contribution in [0, 0.1) is 10.5 Å². The average molecular weight is 397 g/mol. The zero-order valence-corrected chi connectivity index (χ0v) is 14.8. The van der Waals surface area contributed by atoms with E-state index in [-0.39, 0.29) is 0 Å². The fraction of sp³-hybridized carbons (Fsp3) is 0.467. The minimum atomic E-state index is 0.578. The third kappa shape index (κ3) is 4.09. The Labute approximate surface area is 139 Å². The Morgan fingerprint density at radius 1 is 1.05 bits per heavy atom. The van der Waals surface area contributed by atoms with Gasteiger partial charge in [-0.3, -0.25) is 0 Å². The molecule has 0 saturated heterocycles. The van der Waals surface area contributed by atoms with Crippen molar-refractivity contribution in [3.8, 4) is 11.6 Å². The van der Waals surface area contributed by atoms with Crippen molar-refractivity contribution in [3.05, 3.63) is 27.2 Å². The van der Waals surface area contributed by atoms with Crippen LogP contribution in [0.2, 0.25) is 0 Å². The average Bonchev–Trinajstić information content (AvgIpc) is 2.49. The van der Waals surface area contributed by atoms with Gasteiger partial charge >= 0.3 is 0 Å². The van der Waals surface area contributed by atoms with Crippen LogP contribution in [-0.2, 0) is 6.42 Å². The topological polar surface area (TPSA) is 63.6 Å². The molecule has 0 aliphatic rings. The summed E-state index contributed by atoms with van der Waals surface area (Å²) in [7, 11) is 0. The van der Waals surface area contributed by atoms with Crippen LogP contribution in [0.3, 0.4) is 0 Å². The van der Waals surface area contributed by atoms with Gasteiger partial charge in [0.15, 0.2) is 11.6 Å². The molecule has 6 heteroatoms. The van der Waals surface area contributed by atoms with Gasteiger partial charge in [-0.2, -0.15) is 0 Å². The lowest BCUT2D eigenvalue weighted by molar-refractivity contribution is 0.859. The second-order valence-electron chi connectivity index (χ2n) is 4.92. The van der Waals surface area contributed by atoms with Crippen LogP contribution in [0.1, 0.15) is 37.9 Å². The minimum absolute atomic E-state index is 0.578. The molecule has 0 spiro atoms. The molecule has 5 nitrogen and oxygen atoms in total. The molecule has 0 radical (unpaired) electrons. The molecule has 2 aromatic heterocycles. The Kier molecular flexibility index (Phi) is 5.84. The number of anilines is 1. The lowest BCUT2D eigenvalue weighted by atomic mass is 10.2. The van der Waals surface area contributed by atoms with Gasteiger partial charge in [0.2, 0.25) is 0 Å². The number of aromatic nitrogens is 4. The Morgan fingerprint density at radius 3 is 2.38 bits per heavy atom. The molecule has 0 fully saturated rings. The monoisotopic (exact) mass is 397 g/mol. The van der Waals surface area contributed by atoms with E-state index < -0.39 is 0 Å². The van der Waals surface area contributed by atoms with E-state index in [4.69, 9.17) is 0 Å². The maximum Gasteiger partial charge on any atom is 0.200 e. The van der Waals surface area contributed by atoms with Crippen LogP contribution in [0.15, 0.2) is 12.4 Å². The summed E-state index contributed by atoms with van der Waals surface area (Å²) in [5.41, 5.74) is 2.09. The molecular weight excluding hydrogens is 377 g/mol. The first-order chi connectivity index (χ1) is 10.2. The molecular formula is C15H20IN5. The van der Waals surface area contributed by atoms with Gasteiger partial charge in [0.1, 0.15) is 5.82 Å². The highest BCUT2D eigenvalue weighted by Gasteiger charge is 2.14. The van der Waals surface area contributed by atoms with Crippen LogP contribution >= 0.6 is 22.6 Å². The van der Waals surface area contributed by atoms with Crippen molar-refractivity contribution in [3.63, 3.8) is 0 Å². The first-order valence-corrected chi connectivity index (χ1v) is 8.32. The lowest BCUT2D eigenvalue weighted by Crippen LogP contribution is -2.10. The first kappa shape index (κ1) is 16.1. The number of rotatable bonds is 6. The summed E-state index contributed by atoms with van der Waals surface area (Å²) in [6.45, 7) is 7.15. The van der Waals surface area contributed by atoms with Crippen molar-refractivity contribution < 1.29 is 0 Å². The van der Waals surface area contributed by atoms with Crippen molar-refractivity contribution in [2.45, 2.75) is 40.0 Å². The standard InChI is InChI=1S/C15H20IN5/c1-4-6-11-12(16)13(17-7-5-2)21-15(20-11)14-18-8-10(3)9-19-14/h8-9H,4-7H2,1-3H3,(H,17,20,21). The van der Waals surface area contributed by atoms with Crippen molar-refractivity contribution in [1.82, 2.24) is 19.9 Å². The third-order valence-electron chi connectivity index (χ3n) is 2.93. The quantitative estimate of drug-likeness (QED) is 0.755. The minimum Gasteiger partial charge on any atom is -0.369 e. The molecule has 2 aromatic rings. The highest BCUT2D eigenvalue weighted by atomic mass is 127. The number of aryl methyl sites for hydroxylation is 2. The van der Waals surface area contributed by atoms with Crippen molar-refractivity contribution in [2.75, 3.05) is 11.9 Å². The molecule has 0 atom stereocenters. The van der Waals surface area contributed by atoms with Gasteiger partial charge < -0.3 is 5.32 Å². The second kappa shape index (κ2) is 7.63. The zero-order chi connectivity index (χ0) is 15.2. The molecule has 2 rings (SSSR count). The van der Waals surface area contributed by atoms with Crippen LogP contribution in [0.4, 0.5) is 5.82 Å². The van der Waals surface area contributed by atoms with Crippen LogP contribution in [0.25, 0.3) is 11.6 Å². The second-order valence-corrected chi connectivity index (χ2v) is 6.00. The maximum atomic E-state index is 4.65. The molecule has 0 bridgehead atoms. The lowest BCUT2D eigenvalue weighted by Gasteiger charge is -2.12. The number of hydrogen-bond acceptors (Lipinski definition) is 5. The predicted octanol–water partition coefficient (Wildman–Crippen LogP) is 3.62.